The van der Waals surface area contributed by atoms with Crippen LogP contribution >= 0.6 is 15.9 Å². The monoisotopic (exact) mass is 307 g/mol. The topological polar surface area (TPSA) is 29.9 Å². The van der Waals surface area contributed by atoms with Crippen LogP contribution in [-0.4, -0.2) is 23.1 Å². The lowest BCUT2D eigenvalue weighted by molar-refractivity contribution is 0.719. The molecule has 1 heterocycles. The minimum atomic E-state index is 0.943. The number of imidazole rings is 1. The summed E-state index contributed by atoms with van der Waals surface area (Å²) in [6.07, 6.45) is 0.943. The summed E-state index contributed by atoms with van der Waals surface area (Å²) in [7, 11) is 4.05. The third-order valence-corrected chi connectivity index (χ3v) is 3.78. The maximum absolute atomic E-state index is 4.67. The van der Waals surface area contributed by atoms with E-state index in [4.69, 9.17) is 0 Å². The van der Waals surface area contributed by atoms with Crippen LogP contribution in [0.5, 0.6) is 0 Å². The van der Waals surface area contributed by atoms with Gasteiger partial charge in [0.25, 0.3) is 0 Å². The van der Waals surface area contributed by atoms with E-state index in [1.54, 1.807) is 0 Å². The van der Waals surface area contributed by atoms with Crippen molar-refractivity contribution in [3.8, 4) is 11.3 Å². The highest BCUT2D eigenvalue weighted by molar-refractivity contribution is 9.10. The lowest BCUT2D eigenvalue weighted by atomic mass is 10.1. The number of hydrogen-bond donors (Lipinski definition) is 1. The second-order valence-electron chi connectivity index (χ2n) is 4.35. The van der Waals surface area contributed by atoms with Gasteiger partial charge < -0.3 is 9.88 Å². The highest BCUT2D eigenvalue weighted by atomic mass is 79.9. The van der Waals surface area contributed by atoms with Gasteiger partial charge in [0.15, 0.2) is 0 Å². The molecule has 2 aromatic rings. The van der Waals surface area contributed by atoms with E-state index in [1.165, 1.54) is 11.3 Å². The quantitative estimate of drug-likeness (QED) is 0.941. The molecule has 0 bridgehead atoms. The summed E-state index contributed by atoms with van der Waals surface area (Å²) in [5.74, 6) is 1.12. The van der Waals surface area contributed by atoms with Gasteiger partial charge in [0.05, 0.1) is 11.4 Å². The zero-order valence-corrected chi connectivity index (χ0v) is 12.6. The second kappa shape index (κ2) is 5.67. The Morgan fingerprint density at radius 2 is 2.06 bits per heavy atom. The minimum absolute atomic E-state index is 0.943. The van der Waals surface area contributed by atoms with Gasteiger partial charge in [0.1, 0.15) is 5.82 Å². The van der Waals surface area contributed by atoms with Crippen molar-refractivity contribution in [1.82, 2.24) is 14.9 Å². The van der Waals surface area contributed by atoms with Gasteiger partial charge in [-0.1, -0.05) is 34.1 Å². The standard InChI is InChI=1S/C14H18BrN3/c1-10-14(11-6-4-5-7-12(11)15)18(3)13(17-10)8-9-16-2/h4-7,16H,8-9H2,1-3H3. The van der Waals surface area contributed by atoms with Crippen molar-refractivity contribution in [3.05, 3.63) is 40.3 Å². The molecular formula is C14H18BrN3. The van der Waals surface area contributed by atoms with E-state index in [1.807, 2.05) is 13.1 Å². The first-order valence-corrected chi connectivity index (χ1v) is 6.86. The molecule has 1 aromatic carbocycles. The van der Waals surface area contributed by atoms with E-state index in [-0.39, 0.29) is 0 Å². The SMILES string of the molecule is CNCCc1nc(C)c(-c2ccccc2Br)n1C. The van der Waals surface area contributed by atoms with Crippen LogP contribution in [0.15, 0.2) is 28.7 Å². The van der Waals surface area contributed by atoms with Crippen molar-refractivity contribution in [2.45, 2.75) is 13.3 Å². The molecule has 0 aliphatic rings. The van der Waals surface area contributed by atoms with E-state index in [9.17, 15) is 0 Å². The summed E-state index contributed by atoms with van der Waals surface area (Å²) >= 11 is 3.61. The van der Waals surface area contributed by atoms with E-state index >= 15 is 0 Å². The Bertz CT molecular complexity index is 546. The van der Waals surface area contributed by atoms with Crippen LogP contribution in [0, 0.1) is 6.92 Å². The average molecular weight is 308 g/mol. The molecule has 0 unspecified atom stereocenters. The Balaban J connectivity index is 2.46. The number of hydrogen-bond acceptors (Lipinski definition) is 2. The Morgan fingerprint density at radius 3 is 2.72 bits per heavy atom. The van der Waals surface area contributed by atoms with Crippen LogP contribution in [0.25, 0.3) is 11.3 Å². The number of aryl methyl sites for hydroxylation is 1. The van der Waals surface area contributed by atoms with Gasteiger partial charge in [-0.05, 0) is 20.0 Å². The molecule has 0 saturated heterocycles. The van der Waals surface area contributed by atoms with Gasteiger partial charge in [-0.15, -0.1) is 0 Å². The molecule has 0 aliphatic heterocycles. The highest BCUT2D eigenvalue weighted by Crippen LogP contribution is 2.30. The lowest BCUT2D eigenvalue weighted by Gasteiger charge is -2.08. The van der Waals surface area contributed by atoms with Crippen molar-refractivity contribution in [1.29, 1.82) is 0 Å². The van der Waals surface area contributed by atoms with Crippen molar-refractivity contribution in [2.24, 2.45) is 7.05 Å². The van der Waals surface area contributed by atoms with Crippen LogP contribution in [0.4, 0.5) is 0 Å². The summed E-state index contributed by atoms with van der Waals surface area (Å²) in [5.41, 5.74) is 3.46. The van der Waals surface area contributed by atoms with Crippen molar-refractivity contribution in [2.75, 3.05) is 13.6 Å². The van der Waals surface area contributed by atoms with Gasteiger partial charge >= 0.3 is 0 Å². The molecule has 0 atom stereocenters. The van der Waals surface area contributed by atoms with Crippen LogP contribution in [0.1, 0.15) is 11.5 Å². The first kappa shape index (κ1) is 13.3. The number of aromatic nitrogens is 2. The largest absolute Gasteiger partial charge is 0.331 e. The predicted molar refractivity (Wildman–Crippen MR) is 78.7 cm³/mol. The number of rotatable bonds is 4. The van der Waals surface area contributed by atoms with Crippen LogP contribution in [-0.2, 0) is 13.5 Å². The fourth-order valence-corrected chi connectivity index (χ4v) is 2.66. The number of nitrogens with one attached hydrogen (secondary N) is 1. The Hall–Kier alpha value is -1.13. The summed E-state index contributed by atoms with van der Waals surface area (Å²) in [4.78, 5) is 4.67. The highest BCUT2D eigenvalue weighted by Gasteiger charge is 2.14. The predicted octanol–water partition coefficient (Wildman–Crippen LogP) is 2.92. The normalized spacial score (nSPS) is 10.9. The van der Waals surface area contributed by atoms with Gasteiger partial charge in [0.2, 0.25) is 0 Å². The van der Waals surface area contributed by atoms with Crippen molar-refractivity contribution < 1.29 is 0 Å². The number of nitrogens with zero attached hydrogens (tertiary/aromatic N) is 2. The molecule has 96 valence electrons. The lowest BCUT2D eigenvalue weighted by Crippen LogP contribution is -2.13. The summed E-state index contributed by atoms with van der Waals surface area (Å²) < 4.78 is 3.29. The molecule has 18 heavy (non-hydrogen) atoms. The molecule has 0 spiro atoms. The summed E-state index contributed by atoms with van der Waals surface area (Å²) in [6.45, 7) is 3.01. The zero-order chi connectivity index (χ0) is 13.1. The zero-order valence-electron chi connectivity index (χ0n) is 11.0. The van der Waals surface area contributed by atoms with Crippen molar-refractivity contribution in [3.63, 3.8) is 0 Å². The molecule has 2 rings (SSSR count). The molecule has 1 aromatic heterocycles. The van der Waals surface area contributed by atoms with Gasteiger partial charge in [-0.3, -0.25) is 0 Å². The molecule has 3 nitrogen and oxygen atoms in total. The average Bonchev–Trinajstić information content (AvgIpc) is 2.63. The number of benzene rings is 1. The third-order valence-electron chi connectivity index (χ3n) is 3.09. The van der Waals surface area contributed by atoms with Crippen LogP contribution < -0.4 is 5.32 Å². The van der Waals surface area contributed by atoms with Gasteiger partial charge in [0, 0.05) is 30.0 Å². The summed E-state index contributed by atoms with van der Waals surface area (Å²) in [6, 6.07) is 8.27. The number of likely N-dealkylation sites (N-methyl/N-ethyl adjacent to an activating group) is 1. The van der Waals surface area contributed by atoms with E-state index < -0.39 is 0 Å². The Labute approximate surface area is 116 Å². The molecule has 0 radical (unpaired) electrons. The van der Waals surface area contributed by atoms with Crippen molar-refractivity contribution >= 4 is 15.9 Å². The molecule has 4 heteroatoms. The van der Waals surface area contributed by atoms with E-state index in [0.29, 0.717) is 0 Å². The van der Waals surface area contributed by atoms with Crippen LogP contribution in [0.3, 0.4) is 0 Å². The first-order valence-electron chi connectivity index (χ1n) is 6.07. The molecular weight excluding hydrogens is 290 g/mol. The maximum Gasteiger partial charge on any atom is 0.110 e. The fraction of sp³-hybridized carbons (Fsp3) is 0.357. The van der Waals surface area contributed by atoms with Gasteiger partial charge in [-0.2, -0.15) is 0 Å². The molecule has 0 saturated carbocycles. The Kier molecular flexibility index (Phi) is 4.19. The molecule has 0 aliphatic carbocycles. The third kappa shape index (κ3) is 2.49. The van der Waals surface area contributed by atoms with Crippen LogP contribution in [0.2, 0.25) is 0 Å². The van der Waals surface area contributed by atoms with E-state index in [0.717, 1.165) is 29.0 Å². The van der Waals surface area contributed by atoms with E-state index in [2.05, 4.69) is 63.0 Å². The second-order valence-corrected chi connectivity index (χ2v) is 5.21. The number of halogens is 1. The summed E-state index contributed by atoms with van der Waals surface area (Å²) in [5, 5.41) is 3.16. The minimum Gasteiger partial charge on any atom is -0.331 e. The Morgan fingerprint density at radius 1 is 1.33 bits per heavy atom. The molecule has 0 amide bonds. The molecule has 1 N–H and O–H groups in total. The van der Waals surface area contributed by atoms with Gasteiger partial charge in [-0.25, -0.2) is 4.98 Å². The molecule has 0 fully saturated rings. The first-order chi connectivity index (χ1) is 8.65. The maximum atomic E-state index is 4.67. The smallest absolute Gasteiger partial charge is 0.110 e. The fourth-order valence-electron chi connectivity index (χ4n) is 2.18.